The summed E-state index contributed by atoms with van der Waals surface area (Å²) in [5, 5.41) is 9.17. The standard InChI is InChI=1S/C8H12N8/c1-15(2)16-3-12-4-5(16)7(10)14-8(11)13-6(4)9/h3H,1-2H3,(H5,9,10,11,13,14). The van der Waals surface area contributed by atoms with Gasteiger partial charge in [0.15, 0.2) is 11.6 Å². The van der Waals surface area contributed by atoms with Gasteiger partial charge in [-0.1, -0.05) is 0 Å². The molecule has 5 N–H and O–H groups in total. The zero-order chi connectivity index (χ0) is 11.9. The molecule has 0 atom stereocenters. The monoisotopic (exact) mass is 220 g/mol. The highest BCUT2D eigenvalue weighted by Crippen LogP contribution is 2.18. The van der Waals surface area contributed by atoms with E-state index in [1.54, 1.807) is 16.0 Å². The molecule has 2 rings (SSSR count). The van der Waals surface area contributed by atoms with Gasteiger partial charge in [-0.3, -0.25) is 5.41 Å². The van der Waals surface area contributed by atoms with Crippen molar-refractivity contribution in [2.24, 2.45) is 0 Å². The van der Waals surface area contributed by atoms with E-state index in [4.69, 9.17) is 16.9 Å². The maximum absolute atomic E-state index is 7.40. The molecule has 2 heterocycles. The predicted molar refractivity (Wildman–Crippen MR) is 60.1 cm³/mol. The molecule has 0 spiro atoms. The van der Waals surface area contributed by atoms with Crippen LogP contribution >= 0.6 is 0 Å². The lowest BCUT2D eigenvalue weighted by molar-refractivity contribution is 0.752. The number of hydrogen-bond acceptors (Lipinski definition) is 7. The number of nitrogens with one attached hydrogen (secondary N) is 1. The van der Waals surface area contributed by atoms with Crippen LogP contribution in [0, 0.1) is 5.41 Å². The number of rotatable bonds is 1. The van der Waals surface area contributed by atoms with Crippen molar-refractivity contribution in [3.8, 4) is 0 Å². The second-order valence-corrected chi connectivity index (χ2v) is 3.45. The van der Waals surface area contributed by atoms with Crippen LogP contribution < -0.4 is 22.1 Å². The van der Waals surface area contributed by atoms with Gasteiger partial charge in [0.25, 0.3) is 0 Å². The fourth-order valence-electron chi connectivity index (χ4n) is 1.43. The van der Waals surface area contributed by atoms with Crippen LogP contribution in [0.25, 0.3) is 11.0 Å². The normalized spacial score (nSPS) is 10.6. The third kappa shape index (κ3) is 1.40. The van der Waals surface area contributed by atoms with E-state index in [0.29, 0.717) is 11.0 Å². The Labute approximate surface area is 91.0 Å². The Morgan fingerprint density at radius 2 is 1.88 bits per heavy atom. The van der Waals surface area contributed by atoms with Crippen molar-refractivity contribution in [1.82, 2.24) is 19.6 Å². The van der Waals surface area contributed by atoms with E-state index in [-0.39, 0.29) is 17.3 Å². The summed E-state index contributed by atoms with van der Waals surface area (Å²) in [4.78, 5) is 11.7. The number of nitrogens with two attached hydrogens (primary N) is 2. The Morgan fingerprint density at radius 3 is 2.50 bits per heavy atom. The van der Waals surface area contributed by atoms with E-state index in [0.717, 1.165) is 0 Å². The van der Waals surface area contributed by atoms with E-state index >= 15 is 0 Å². The van der Waals surface area contributed by atoms with Gasteiger partial charge in [-0.15, -0.1) is 0 Å². The van der Waals surface area contributed by atoms with Crippen molar-refractivity contribution in [3.63, 3.8) is 0 Å². The highest BCUT2D eigenvalue weighted by atomic mass is 15.5. The topological polar surface area (TPSA) is 123 Å². The fourth-order valence-corrected chi connectivity index (χ4v) is 1.43. The second-order valence-electron chi connectivity index (χ2n) is 3.45. The van der Waals surface area contributed by atoms with Gasteiger partial charge < -0.3 is 16.5 Å². The minimum Gasteiger partial charge on any atom is -0.382 e. The summed E-state index contributed by atoms with van der Waals surface area (Å²) in [6.45, 7) is 0. The number of hydrogen-bond donors (Lipinski definition) is 3. The van der Waals surface area contributed by atoms with Crippen LogP contribution in [0.5, 0.6) is 0 Å². The summed E-state index contributed by atoms with van der Waals surface area (Å²) in [7, 11) is 3.66. The molecular formula is C8H12N8. The van der Waals surface area contributed by atoms with E-state index in [9.17, 15) is 0 Å². The minimum absolute atomic E-state index is 0.143. The molecule has 0 aliphatic heterocycles. The van der Waals surface area contributed by atoms with Crippen molar-refractivity contribution in [2.75, 3.05) is 30.6 Å². The Balaban J connectivity index is 2.99. The Morgan fingerprint density at radius 1 is 1.25 bits per heavy atom. The minimum atomic E-state index is -0.224. The molecule has 0 bridgehead atoms. The Bertz CT molecular complexity index is 599. The molecule has 8 nitrogen and oxygen atoms in total. The van der Waals surface area contributed by atoms with Gasteiger partial charge in [0, 0.05) is 14.1 Å². The number of anilines is 2. The van der Waals surface area contributed by atoms with Gasteiger partial charge in [-0.05, 0) is 0 Å². The van der Waals surface area contributed by atoms with Crippen LogP contribution in [0.1, 0.15) is 0 Å². The first-order valence-corrected chi connectivity index (χ1v) is 4.53. The molecule has 2 aromatic rings. The maximum Gasteiger partial charge on any atom is 0.245 e. The predicted octanol–water partition coefficient (Wildman–Crippen LogP) is -1.33. The lowest BCUT2D eigenvalue weighted by atomic mass is 10.4. The fraction of sp³-hybridized carbons (Fsp3) is 0.250. The average Bonchev–Trinajstić information content (AvgIpc) is 2.56. The molecule has 0 aromatic carbocycles. The first-order chi connectivity index (χ1) is 7.50. The highest BCUT2D eigenvalue weighted by Gasteiger charge is 2.11. The van der Waals surface area contributed by atoms with E-state index in [1.807, 2.05) is 14.1 Å². The van der Waals surface area contributed by atoms with Crippen LogP contribution in [0.3, 0.4) is 0 Å². The van der Waals surface area contributed by atoms with Crippen LogP contribution in [0.4, 0.5) is 11.6 Å². The largest absolute Gasteiger partial charge is 0.382 e. The SMILES string of the molecule is CN(C)n1cnc2c(N)nc(=N)nc(N)c21. The molecule has 0 aliphatic rings. The summed E-state index contributed by atoms with van der Waals surface area (Å²) in [6, 6.07) is 0. The zero-order valence-corrected chi connectivity index (χ0v) is 8.97. The Hall–Kier alpha value is -2.38. The number of aromatic nitrogens is 4. The van der Waals surface area contributed by atoms with Crippen molar-refractivity contribution in [2.45, 2.75) is 0 Å². The summed E-state index contributed by atoms with van der Waals surface area (Å²) in [5.41, 5.74) is 12.2. The third-order valence-electron chi connectivity index (χ3n) is 2.12. The smallest absolute Gasteiger partial charge is 0.245 e. The molecule has 0 fully saturated rings. The van der Waals surface area contributed by atoms with E-state index in [2.05, 4.69) is 15.0 Å². The zero-order valence-electron chi connectivity index (χ0n) is 8.97. The molecule has 0 radical (unpaired) electrons. The van der Waals surface area contributed by atoms with Crippen molar-refractivity contribution >= 4 is 22.7 Å². The average molecular weight is 220 g/mol. The number of imidazole rings is 1. The van der Waals surface area contributed by atoms with E-state index < -0.39 is 0 Å². The lowest BCUT2D eigenvalue weighted by Gasteiger charge is -2.14. The molecular weight excluding hydrogens is 208 g/mol. The highest BCUT2D eigenvalue weighted by molar-refractivity contribution is 5.91. The first-order valence-electron chi connectivity index (χ1n) is 4.53. The Kier molecular flexibility index (Phi) is 2.11. The summed E-state index contributed by atoms with van der Waals surface area (Å²) in [6.07, 6.45) is 1.57. The number of nitrogens with zero attached hydrogens (tertiary/aromatic N) is 5. The molecule has 0 aliphatic carbocycles. The third-order valence-corrected chi connectivity index (χ3v) is 2.12. The van der Waals surface area contributed by atoms with Gasteiger partial charge in [0.2, 0.25) is 5.62 Å². The van der Waals surface area contributed by atoms with Crippen molar-refractivity contribution in [1.29, 1.82) is 5.41 Å². The summed E-state index contributed by atoms with van der Waals surface area (Å²) < 4.78 is 1.69. The van der Waals surface area contributed by atoms with Crippen molar-refractivity contribution < 1.29 is 0 Å². The molecule has 0 saturated carbocycles. The molecule has 0 saturated heterocycles. The molecule has 8 heteroatoms. The number of nitrogen functional groups attached to an aromatic ring is 2. The summed E-state index contributed by atoms with van der Waals surface area (Å²) >= 11 is 0. The molecule has 0 unspecified atom stereocenters. The van der Waals surface area contributed by atoms with Crippen molar-refractivity contribution in [3.05, 3.63) is 11.9 Å². The molecule has 84 valence electrons. The van der Waals surface area contributed by atoms with E-state index in [1.165, 1.54) is 0 Å². The van der Waals surface area contributed by atoms with Gasteiger partial charge in [0.05, 0.1) is 0 Å². The van der Waals surface area contributed by atoms with Gasteiger partial charge in [-0.2, -0.15) is 9.97 Å². The van der Waals surface area contributed by atoms with Crippen LogP contribution in [0.15, 0.2) is 6.33 Å². The maximum atomic E-state index is 7.40. The lowest BCUT2D eigenvalue weighted by Crippen LogP contribution is -2.24. The van der Waals surface area contributed by atoms with Gasteiger partial charge in [0.1, 0.15) is 17.4 Å². The van der Waals surface area contributed by atoms with Gasteiger partial charge >= 0.3 is 0 Å². The van der Waals surface area contributed by atoms with Crippen LogP contribution in [-0.2, 0) is 0 Å². The van der Waals surface area contributed by atoms with Crippen LogP contribution in [-0.4, -0.2) is 33.7 Å². The first kappa shape index (κ1) is 10.1. The second kappa shape index (κ2) is 3.33. The molecule has 2 aromatic heterocycles. The number of fused-ring (bicyclic) bond motifs is 1. The van der Waals surface area contributed by atoms with Gasteiger partial charge in [-0.25, -0.2) is 9.66 Å². The quantitative estimate of drug-likeness (QED) is 0.547. The van der Waals surface area contributed by atoms with Crippen LogP contribution in [0.2, 0.25) is 0 Å². The molecule has 16 heavy (non-hydrogen) atoms. The summed E-state index contributed by atoms with van der Waals surface area (Å²) in [5.74, 6) is 0.320. The molecule has 0 amide bonds.